The Morgan fingerprint density at radius 3 is 2.72 bits per heavy atom. The molecule has 1 saturated carbocycles. The summed E-state index contributed by atoms with van der Waals surface area (Å²) < 4.78 is 5.31. The second-order valence-corrected chi connectivity index (χ2v) is 5.13. The molecule has 0 aliphatic heterocycles. The van der Waals surface area contributed by atoms with Crippen LogP contribution >= 0.6 is 11.6 Å². The van der Waals surface area contributed by atoms with Crippen LogP contribution in [0, 0.1) is 23.7 Å². The van der Waals surface area contributed by atoms with Gasteiger partial charge in [-0.1, -0.05) is 30.5 Å². The maximum Gasteiger partial charge on any atom is 0.331 e. The number of halogens is 1. The molecule has 4 heteroatoms. The van der Waals surface area contributed by atoms with Crippen molar-refractivity contribution >= 4 is 17.6 Å². The highest BCUT2D eigenvalue weighted by molar-refractivity contribution is 6.32. The Balaban J connectivity index is 2.21. The molecule has 0 heterocycles. The van der Waals surface area contributed by atoms with Crippen LogP contribution in [0.1, 0.15) is 31.2 Å². The number of benzene rings is 1. The van der Waals surface area contributed by atoms with E-state index < -0.39 is 11.4 Å². The number of nitrogens with zero attached hydrogens (tertiary/aromatic N) is 1. The van der Waals surface area contributed by atoms with Gasteiger partial charge < -0.3 is 4.74 Å². The summed E-state index contributed by atoms with van der Waals surface area (Å²) in [5.74, 6) is -0.141. The summed E-state index contributed by atoms with van der Waals surface area (Å²) >= 11 is 5.98. The lowest BCUT2D eigenvalue weighted by molar-refractivity contribution is -0.142. The molecule has 0 amide bonds. The van der Waals surface area contributed by atoms with Crippen LogP contribution in [0.25, 0.3) is 0 Å². The molecule has 1 aromatic rings. The van der Waals surface area contributed by atoms with Gasteiger partial charge in [0.25, 0.3) is 0 Å². The molecule has 0 saturated heterocycles. The second kappa shape index (κ2) is 4.99. The van der Waals surface area contributed by atoms with E-state index in [9.17, 15) is 10.1 Å². The van der Waals surface area contributed by atoms with E-state index in [1.54, 1.807) is 12.1 Å². The third-order valence-electron chi connectivity index (χ3n) is 3.35. The fourth-order valence-electron chi connectivity index (χ4n) is 2.23. The molecule has 0 N–H and O–H groups in total. The average Bonchev–Trinajstić information content (AvgIpc) is 2.84. The molecule has 1 fully saturated rings. The predicted molar refractivity (Wildman–Crippen MR) is 68.3 cm³/mol. The average molecular weight is 264 g/mol. The molecule has 1 aliphatic carbocycles. The fraction of sp³-hybridized carbons (Fsp3) is 0.429. The van der Waals surface area contributed by atoms with E-state index in [4.69, 9.17) is 16.3 Å². The molecule has 0 spiro atoms. The van der Waals surface area contributed by atoms with Crippen LogP contribution in [0.2, 0.25) is 5.02 Å². The van der Waals surface area contributed by atoms with Crippen molar-refractivity contribution in [1.29, 1.82) is 5.26 Å². The third-order valence-corrected chi connectivity index (χ3v) is 3.66. The van der Waals surface area contributed by atoms with Crippen molar-refractivity contribution in [3.05, 3.63) is 28.8 Å². The molecule has 18 heavy (non-hydrogen) atoms. The maximum atomic E-state index is 12.1. The summed E-state index contributed by atoms with van der Waals surface area (Å²) in [5, 5.41) is 9.59. The van der Waals surface area contributed by atoms with E-state index in [2.05, 4.69) is 6.07 Å². The first-order valence-electron chi connectivity index (χ1n) is 5.97. The van der Waals surface area contributed by atoms with Gasteiger partial charge in [-0.15, -0.1) is 0 Å². The van der Waals surface area contributed by atoms with Crippen LogP contribution in [0.5, 0.6) is 5.75 Å². The van der Waals surface area contributed by atoms with Crippen LogP contribution in [-0.4, -0.2) is 5.97 Å². The first-order chi connectivity index (χ1) is 8.57. The van der Waals surface area contributed by atoms with Gasteiger partial charge in [-0.2, -0.15) is 5.26 Å². The summed E-state index contributed by atoms with van der Waals surface area (Å²) in [6.45, 7) is 1.89. The number of aryl methyl sites for hydroxylation is 1. The van der Waals surface area contributed by atoms with Gasteiger partial charge >= 0.3 is 5.97 Å². The van der Waals surface area contributed by atoms with E-state index in [0.29, 0.717) is 23.6 Å². The number of carbonyl (C=O) groups is 1. The van der Waals surface area contributed by atoms with E-state index in [0.717, 1.165) is 18.4 Å². The minimum Gasteiger partial charge on any atom is -0.424 e. The lowest BCUT2D eigenvalue weighted by Crippen LogP contribution is -2.30. The third kappa shape index (κ3) is 2.34. The zero-order valence-electron chi connectivity index (χ0n) is 10.2. The molecule has 0 bridgehead atoms. The number of esters is 1. The molecule has 0 radical (unpaired) electrons. The number of ether oxygens (including phenoxy) is 1. The summed E-state index contributed by atoms with van der Waals surface area (Å²) in [4.78, 5) is 12.1. The van der Waals surface area contributed by atoms with Crippen LogP contribution in [0.3, 0.4) is 0 Å². The quantitative estimate of drug-likeness (QED) is 0.605. The van der Waals surface area contributed by atoms with Gasteiger partial charge in [-0.3, -0.25) is 0 Å². The summed E-state index contributed by atoms with van der Waals surface area (Å²) in [6.07, 6.45) is 2.94. The highest BCUT2D eigenvalue weighted by Gasteiger charge is 2.43. The Kier molecular flexibility index (Phi) is 3.58. The highest BCUT2D eigenvalue weighted by Crippen LogP contribution is 2.39. The molecular weight excluding hydrogens is 250 g/mol. The first kappa shape index (κ1) is 12.9. The zero-order valence-corrected chi connectivity index (χ0v) is 11.0. The smallest absolute Gasteiger partial charge is 0.331 e. The minimum atomic E-state index is -0.979. The van der Waals surface area contributed by atoms with E-state index in [-0.39, 0.29) is 0 Å². The van der Waals surface area contributed by atoms with Crippen LogP contribution in [-0.2, 0) is 4.79 Å². The topological polar surface area (TPSA) is 50.1 Å². The number of hydrogen-bond donors (Lipinski definition) is 0. The Labute approximate surface area is 111 Å². The lowest BCUT2D eigenvalue weighted by atomic mass is 9.88. The summed E-state index contributed by atoms with van der Waals surface area (Å²) in [7, 11) is 0. The van der Waals surface area contributed by atoms with Gasteiger partial charge in [0.05, 0.1) is 11.1 Å². The molecule has 3 nitrogen and oxygen atoms in total. The zero-order chi connectivity index (χ0) is 13.2. The minimum absolute atomic E-state index is 0.336. The van der Waals surface area contributed by atoms with Crippen molar-refractivity contribution in [2.75, 3.05) is 0 Å². The molecule has 0 atom stereocenters. The highest BCUT2D eigenvalue weighted by atomic mass is 35.5. The largest absolute Gasteiger partial charge is 0.424 e. The van der Waals surface area contributed by atoms with E-state index in [1.165, 1.54) is 0 Å². The van der Waals surface area contributed by atoms with Gasteiger partial charge in [0.15, 0.2) is 5.41 Å². The van der Waals surface area contributed by atoms with Crippen molar-refractivity contribution in [3.8, 4) is 11.8 Å². The Morgan fingerprint density at radius 2 is 2.11 bits per heavy atom. The van der Waals surface area contributed by atoms with Gasteiger partial charge in [0, 0.05) is 0 Å². The molecule has 1 aromatic carbocycles. The van der Waals surface area contributed by atoms with Crippen LogP contribution in [0.15, 0.2) is 18.2 Å². The second-order valence-electron chi connectivity index (χ2n) is 4.72. The first-order valence-corrected chi connectivity index (χ1v) is 6.35. The van der Waals surface area contributed by atoms with Crippen molar-refractivity contribution < 1.29 is 9.53 Å². The number of hydrogen-bond acceptors (Lipinski definition) is 3. The molecule has 94 valence electrons. The molecular formula is C14H14ClNO2. The fourth-order valence-corrected chi connectivity index (χ4v) is 2.38. The van der Waals surface area contributed by atoms with Gasteiger partial charge in [0.2, 0.25) is 0 Å². The molecule has 1 aliphatic rings. The molecule has 0 aromatic heterocycles. The summed E-state index contributed by atoms with van der Waals surface area (Å²) in [6, 6.07) is 7.35. The molecule has 0 unspecified atom stereocenters. The van der Waals surface area contributed by atoms with Gasteiger partial charge in [-0.25, -0.2) is 4.79 Å². The Bertz CT molecular complexity index is 513. The normalized spacial score (nSPS) is 17.2. The monoisotopic (exact) mass is 263 g/mol. The standard InChI is InChI=1S/C14H14ClNO2/c1-10-4-5-11(15)12(8-10)18-13(17)14(9-16)6-2-3-7-14/h4-5,8H,2-3,6-7H2,1H3. The Morgan fingerprint density at radius 1 is 1.44 bits per heavy atom. The Hall–Kier alpha value is -1.53. The number of carbonyl (C=O) groups excluding carboxylic acids is 1. The maximum absolute atomic E-state index is 12.1. The van der Waals surface area contributed by atoms with E-state index in [1.807, 2.05) is 13.0 Å². The molecule has 2 rings (SSSR count). The summed E-state index contributed by atoms with van der Waals surface area (Å²) in [5.41, 5.74) is -0.0211. The van der Waals surface area contributed by atoms with Crippen LogP contribution < -0.4 is 4.74 Å². The SMILES string of the molecule is Cc1ccc(Cl)c(OC(=O)C2(C#N)CCCC2)c1. The van der Waals surface area contributed by atoms with E-state index >= 15 is 0 Å². The number of nitriles is 1. The number of rotatable bonds is 2. The van der Waals surface area contributed by atoms with Gasteiger partial charge in [-0.05, 0) is 37.5 Å². The van der Waals surface area contributed by atoms with Crippen molar-refractivity contribution in [2.45, 2.75) is 32.6 Å². The predicted octanol–water partition coefficient (Wildman–Crippen LogP) is 3.64. The van der Waals surface area contributed by atoms with Gasteiger partial charge in [0.1, 0.15) is 5.75 Å². The van der Waals surface area contributed by atoms with Crippen molar-refractivity contribution in [3.63, 3.8) is 0 Å². The van der Waals surface area contributed by atoms with Crippen molar-refractivity contribution in [1.82, 2.24) is 0 Å². The lowest BCUT2D eigenvalue weighted by Gasteiger charge is -2.18. The van der Waals surface area contributed by atoms with Crippen molar-refractivity contribution in [2.24, 2.45) is 5.41 Å². The van der Waals surface area contributed by atoms with Crippen LogP contribution in [0.4, 0.5) is 0 Å².